The third-order valence-corrected chi connectivity index (χ3v) is 3.41. The van der Waals surface area contributed by atoms with Gasteiger partial charge in [-0.2, -0.15) is 0 Å². The number of carbonyl (C=O) groups is 1. The molecule has 5 nitrogen and oxygen atoms in total. The normalized spacial score (nSPS) is 12.6. The predicted octanol–water partition coefficient (Wildman–Crippen LogP) is 2.33. The molecule has 0 aliphatic carbocycles. The van der Waals surface area contributed by atoms with Gasteiger partial charge in [-0.15, -0.1) is 0 Å². The highest BCUT2D eigenvalue weighted by atomic mass is 16.5. The van der Waals surface area contributed by atoms with E-state index >= 15 is 0 Å². The number of benzene rings is 1. The monoisotopic (exact) mass is 308 g/mol. The second-order valence-corrected chi connectivity index (χ2v) is 6.31. The lowest BCUT2D eigenvalue weighted by molar-refractivity contribution is 0.0650. The van der Waals surface area contributed by atoms with Crippen molar-refractivity contribution in [2.45, 2.75) is 40.2 Å². The fourth-order valence-corrected chi connectivity index (χ4v) is 1.88. The Bertz CT molecular complexity index is 469. The fourth-order valence-electron chi connectivity index (χ4n) is 1.88. The molecule has 0 saturated carbocycles. The molecule has 1 rings (SSSR count). The molecular formula is C17H28N2O3. The molecule has 0 fully saturated rings. The van der Waals surface area contributed by atoms with E-state index in [0.29, 0.717) is 19.6 Å². The maximum atomic E-state index is 11.7. The molecule has 0 aliphatic rings. The van der Waals surface area contributed by atoms with Gasteiger partial charge in [0.05, 0.1) is 12.7 Å². The van der Waals surface area contributed by atoms with Crippen LogP contribution in [-0.2, 0) is 6.42 Å². The van der Waals surface area contributed by atoms with Crippen molar-refractivity contribution in [1.82, 2.24) is 10.6 Å². The quantitative estimate of drug-likeness (QED) is 0.724. The molecule has 1 aromatic carbocycles. The molecule has 1 atom stereocenters. The van der Waals surface area contributed by atoms with Crippen LogP contribution in [0.15, 0.2) is 24.3 Å². The van der Waals surface area contributed by atoms with E-state index in [9.17, 15) is 9.90 Å². The Kier molecular flexibility index (Phi) is 7.18. The highest BCUT2D eigenvalue weighted by Crippen LogP contribution is 2.18. The first-order chi connectivity index (χ1) is 10.3. The van der Waals surface area contributed by atoms with Crippen LogP contribution >= 0.6 is 0 Å². The molecule has 0 aliphatic heterocycles. The molecule has 22 heavy (non-hydrogen) atoms. The SMILES string of the molecule is CCOc1ccccc1CCNC(=O)NCC(O)C(C)(C)C. The zero-order valence-corrected chi connectivity index (χ0v) is 14.0. The lowest BCUT2D eigenvalue weighted by atomic mass is 9.89. The standard InChI is InChI=1S/C17H28N2O3/c1-5-22-14-9-7-6-8-13(14)10-11-18-16(21)19-12-15(20)17(2,3)4/h6-9,15,20H,5,10-12H2,1-4H3,(H2,18,19,21). The summed E-state index contributed by atoms with van der Waals surface area (Å²) in [5, 5.41) is 15.3. The molecule has 1 aromatic rings. The zero-order chi connectivity index (χ0) is 16.6. The van der Waals surface area contributed by atoms with Gasteiger partial charge in [0.1, 0.15) is 5.75 Å². The van der Waals surface area contributed by atoms with Crippen LogP contribution < -0.4 is 15.4 Å². The minimum atomic E-state index is -0.572. The molecule has 124 valence electrons. The van der Waals surface area contributed by atoms with Crippen LogP contribution in [0.5, 0.6) is 5.75 Å². The topological polar surface area (TPSA) is 70.6 Å². The van der Waals surface area contributed by atoms with E-state index in [1.54, 1.807) is 0 Å². The first-order valence-electron chi connectivity index (χ1n) is 7.75. The Balaban J connectivity index is 2.34. The Morgan fingerprint density at radius 2 is 1.95 bits per heavy atom. The van der Waals surface area contributed by atoms with Crippen LogP contribution in [0.1, 0.15) is 33.3 Å². The second-order valence-electron chi connectivity index (χ2n) is 6.31. The maximum Gasteiger partial charge on any atom is 0.314 e. The lowest BCUT2D eigenvalue weighted by Gasteiger charge is -2.25. The van der Waals surface area contributed by atoms with E-state index in [4.69, 9.17) is 4.74 Å². The number of ether oxygens (including phenoxy) is 1. The number of aliphatic hydroxyl groups is 1. The summed E-state index contributed by atoms with van der Waals surface area (Å²) in [6.45, 7) is 9.12. The van der Waals surface area contributed by atoms with Crippen LogP contribution in [0.4, 0.5) is 4.79 Å². The van der Waals surface area contributed by atoms with Gasteiger partial charge < -0.3 is 20.5 Å². The van der Waals surface area contributed by atoms with Gasteiger partial charge in [-0.05, 0) is 30.4 Å². The Morgan fingerprint density at radius 1 is 1.27 bits per heavy atom. The molecule has 0 saturated heterocycles. The Morgan fingerprint density at radius 3 is 2.59 bits per heavy atom. The fraction of sp³-hybridized carbons (Fsp3) is 0.588. The highest BCUT2D eigenvalue weighted by molar-refractivity contribution is 5.73. The number of aliphatic hydroxyl groups excluding tert-OH is 1. The summed E-state index contributed by atoms with van der Waals surface area (Å²) in [4.78, 5) is 11.7. The van der Waals surface area contributed by atoms with Gasteiger partial charge in [-0.1, -0.05) is 39.0 Å². The summed E-state index contributed by atoms with van der Waals surface area (Å²) in [5.41, 5.74) is 0.823. The summed E-state index contributed by atoms with van der Waals surface area (Å²) < 4.78 is 5.55. The van der Waals surface area contributed by atoms with Gasteiger partial charge in [0, 0.05) is 13.1 Å². The number of carbonyl (C=O) groups excluding carboxylic acids is 1. The predicted molar refractivity (Wildman–Crippen MR) is 88.2 cm³/mol. The summed E-state index contributed by atoms with van der Waals surface area (Å²) in [6, 6.07) is 7.55. The number of para-hydroxylation sites is 1. The molecule has 0 heterocycles. The number of amides is 2. The highest BCUT2D eigenvalue weighted by Gasteiger charge is 2.22. The van der Waals surface area contributed by atoms with Crippen molar-refractivity contribution in [2.75, 3.05) is 19.7 Å². The largest absolute Gasteiger partial charge is 0.494 e. The van der Waals surface area contributed by atoms with Crippen molar-refractivity contribution in [3.05, 3.63) is 29.8 Å². The smallest absolute Gasteiger partial charge is 0.314 e. The Hall–Kier alpha value is -1.75. The zero-order valence-electron chi connectivity index (χ0n) is 14.0. The molecule has 2 amide bonds. The molecule has 0 aromatic heterocycles. The van der Waals surface area contributed by atoms with Gasteiger partial charge in [-0.3, -0.25) is 0 Å². The number of nitrogens with one attached hydrogen (secondary N) is 2. The van der Waals surface area contributed by atoms with E-state index < -0.39 is 6.10 Å². The number of urea groups is 1. The first-order valence-corrected chi connectivity index (χ1v) is 7.75. The molecular weight excluding hydrogens is 280 g/mol. The summed E-state index contributed by atoms with van der Waals surface area (Å²) >= 11 is 0. The van der Waals surface area contributed by atoms with Gasteiger partial charge in [-0.25, -0.2) is 4.79 Å². The van der Waals surface area contributed by atoms with Crippen molar-refractivity contribution in [3.8, 4) is 5.75 Å². The van der Waals surface area contributed by atoms with Gasteiger partial charge in [0.25, 0.3) is 0 Å². The third kappa shape index (κ3) is 6.35. The van der Waals surface area contributed by atoms with Crippen molar-refractivity contribution in [3.63, 3.8) is 0 Å². The van der Waals surface area contributed by atoms with Crippen molar-refractivity contribution in [1.29, 1.82) is 0 Å². The summed E-state index contributed by atoms with van der Waals surface area (Å²) in [6.07, 6.45) is 0.128. The third-order valence-electron chi connectivity index (χ3n) is 3.41. The van der Waals surface area contributed by atoms with Crippen LogP contribution in [0.2, 0.25) is 0 Å². The molecule has 3 N–H and O–H groups in total. The average Bonchev–Trinajstić information content (AvgIpc) is 2.45. The van der Waals surface area contributed by atoms with Crippen LogP contribution in [0.25, 0.3) is 0 Å². The first kappa shape index (κ1) is 18.3. The number of hydrogen-bond donors (Lipinski definition) is 3. The summed E-state index contributed by atoms with van der Waals surface area (Å²) in [7, 11) is 0. The molecule has 0 spiro atoms. The lowest BCUT2D eigenvalue weighted by Crippen LogP contribution is -2.44. The molecule has 5 heteroatoms. The summed E-state index contributed by atoms with van der Waals surface area (Å²) in [5.74, 6) is 0.857. The second kappa shape index (κ2) is 8.63. The molecule has 1 unspecified atom stereocenters. The maximum absolute atomic E-state index is 11.7. The van der Waals surface area contributed by atoms with E-state index in [-0.39, 0.29) is 18.0 Å². The average molecular weight is 308 g/mol. The van der Waals surface area contributed by atoms with Gasteiger partial charge >= 0.3 is 6.03 Å². The van der Waals surface area contributed by atoms with Crippen LogP contribution in [-0.4, -0.2) is 36.9 Å². The van der Waals surface area contributed by atoms with E-state index in [2.05, 4.69) is 10.6 Å². The van der Waals surface area contributed by atoms with E-state index in [1.165, 1.54) is 0 Å². The number of rotatable bonds is 7. The number of hydrogen-bond acceptors (Lipinski definition) is 3. The van der Waals surface area contributed by atoms with Gasteiger partial charge in [0.15, 0.2) is 0 Å². The van der Waals surface area contributed by atoms with Crippen molar-refractivity contribution >= 4 is 6.03 Å². The Labute approximate surface area is 133 Å². The minimum absolute atomic E-state index is 0.241. The van der Waals surface area contributed by atoms with Crippen molar-refractivity contribution < 1.29 is 14.6 Å². The molecule has 0 bridgehead atoms. The minimum Gasteiger partial charge on any atom is -0.494 e. The molecule has 0 radical (unpaired) electrons. The van der Waals surface area contributed by atoms with Crippen LogP contribution in [0.3, 0.4) is 0 Å². The van der Waals surface area contributed by atoms with E-state index in [0.717, 1.165) is 11.3 Å². The van der Waals surface area contributed by atoms with Crippen molar-refractivity contribution in [2.24, 2.45) is 5.41 Å². The van der Waals surface area contributed by atoms with Gasteiger partial charge in [0.2, 0.25) is 0 Å². The van der Waals surface area contributed by atoms with Crippen LogP contribution in [0, 0.1) is 5.41 Å². The van der Waals surface area contributed by atoms with E-state index in [1.807, 2.05) is 52.0 Å².